The molecule has 3 heteroatoms. The molecule has 0 aromatic heterocycles. The van der Waals surface area contributed by atoms with Crippen LogP contribution in [-0.2, 0) is 0 Å². The number of nitrogens with one attached hydrogen (secondary N) is 1. The second-order valence-electron chi connectivity index (χ2n) is 6.45. The van der Waals surface area contributed by atoms with Crippen LogP contribution < -0.4 is 5.32 Å². The number of hydrogen-bond donors (Lipinski definition) is 1. The van der Waals surface area contributed by atoms with E-state index < -0.39 is 0 Å². The summed E-state index contributed by atoms with van der Waals surface area (Å²) in [5, 5.41) is 3.61. The van der Waals surface area contributed by atoms with Crippen LogP contribution in [0.1, 0.15) is 47.0 Å². The average molecular weight is 271 g/mol. The Balaban J connectivity index is 3.96. The van der Waals surface area contributed by atoms with Gasteiger partial charge >= 0.3 is 0 Å². The van der Waals surface area contributed by atoms with Gasteiger partial charge in [-0.25, -0.2) is 0 Å². The van der Waals surface area contributed by atoms with Crippen LogP contribution >= 0.6 is 0 Å². The lowest BCUT2D eigenvalue weighted by Gasteiger charge is -2.31. The van der Waals surface area contributed by atoms with Gasteiger partial charge in [0.25, 0.3) is 0 Å². The molecule has 0 aliphatic carbocycles. The lowest BCUT2D eigenvalue weighted by molar-refractivity contribution is 0.167. The Labute approximate surface area is 121 Å². The number of likely N-dealkylation sites (N-methyl/N-ethyl adjacent to an activating group) is 1. The van der Waals surface area contributed by atoms with Gasteiger partial charge in [-0.15, -0.1) is 0 Å². The summed E-state index contributed by atoms with van der Waals surface area (Å²) >= 11 is 0. The highest BCUT2D eigenvalue weighted by molar-refractivity contribution is 4.72. The normalized spacial score (nSPS) is 13.7. The van der Waals surface area contributed by atoms with Gasteiger partial charge in [0, 0.05) is 32.2 Å². The Morgan fingerprint density at radius 2 is 1.68 bits per heavy atom. The summed E-state index contributed by atoms with van der Waals surface area (Å²) in [4.78, 5) is 4.90. The predicted octanol–water partition coefficient (Wildman–Crippen LogP) is 2.67. The van der Waals surface area contributed by atoms with Crippen LogP contribution in [-0.4, -0.2) is 62.7 Å². The van der Waals surface area contributed by atoms with Crippen LogP contribution in [0, 0.1) is 5.92 Å². The minimum absolute atomic E-state index is 0.629. The second-order valence-corrected chi connectivity index (χ2v) is 6.45. The second kappa shape index (κ2) is 11.7. The summed E-state index contributed by atoms with van der Waals surface area (Å²) < 4.78 is 0. The molecule has 1 N–H and O–H groups in total. The lowest BCUT2D eigenvalue weighted by atomic mass is 10.1. The smallest absolute Gasteiger partial charge is 0.0193 e. The third kappa shape index (κ3) is 11.4. The Morgan fingerprint density at radius 3 is 2.21 bits per heavy atom. The molecule has 0 heterocycles. The van der Waals surface area contributed by atoms with Crippen molar-refractivity contribution >= 4 is 0 Å². The Morgan fingerprint density at radius 1 is 1.00 bits per heavy atom. The molecule has 0 saturated carbocycles. The van der Waals surface area contributed by atoms with Crippen molar-refractivity contribution in [3.63, 3.8) is 0 Å². The SMILES string of the molecule is CCCCCNCC(C)N(CCN(C)C)CC(C)C. The van der Waals surface area contributed by atoms with Crippen molar-refractivity contribution in [1.82, 2.24) is 15.1 Å². The quantitative estimate of drug-likeness (QED) is 0.551. The van der Waals surface area contributed by atoms with Gasteiger partial charge in [-0.05, 0) is 39.9 Å². The van der Waals surface area contributed by atoms with E-state index in [1.165, 1.54) is 38.9 Å². The van der Waals surface area contributed by atoms with Gasteiger partial charge in [0.1, 0.15) is 0 Å². The highest BCUT2D eigenvalue weighted by Gasteiger charge is 2.14. The van der Waals surface area contributed by atoms with Crippen LogP contribution in [0.25, 0.3) is 0 Å². The maximum atomic E-state index is 3.61. The van der Waals surface area contributed by atoms with E-state index in [1.54, 1.807) is 0 Å². The Kier molecular flexibility index (Phi) is 11.6. The van der Waals surface area contributed by atoms with E-state index in [9.17, 15) is 0 Å². The van der Waals surface area contributed by atoms with Gasteiger partial charge in [-0.1, -0.05) is 33.6 Å². The third-order valence-corrected chi connectivity index (χ3v) is 3.45. The molecule has 0 spiro atoms. The summed E-state index contributed by atoms with van der Waals surface area (Å²) in [6.45, 7) is 15.0. The molecule has 0 rings (SSSR count). The summed E-state index contributed by atoms with van der Waals surface area (Å²) in [6.07, 6.45) is 3.96. The fraction of sp³-hybridized carbons (Fsp3) is 1.00. The molecule has 0 fully saturated rings. The van der Waals surface area contributed by atoms with Crippen LogP contribution in [0.5, 0.6) is 0 Å². The molecule has 0 saturated heterocycles. The van der Waals surface area contributed by atoms with Crippen molar-refractivity contribution in [2.24, 2.45) is 5.92 Å². The lowest BCUT2D eigenvalue weighted by Crippen LogP contribution is -2.45. The van der Waals surface area contributed by atoms with E-state index in [2.05, 4.69) is 56.9 Å². The first-order chi connectivity index (χ1) is 8.97. The van der Waals surface area contributed by atoms with E-state index in [0.29, 0.717) is 6.04 Å². The van der Waals surface area contributed by atoms with Gasteiger partial charge < -0.3 is 10.2 Å². The summed E-state index contributed by atoms with van der Waals surface area (Å²) in [5.74, 6) is 0.740. The summed E-state index contributed by atoms with van der Waals surface area (Å²) in [5.41, 5.74) is 0. The van der Waals surface area contributed by atoms with Crippen molar-refractivity contribution in [3.8, 4) is 0 Å². The fourth-order valence-electron chi connectivity index (χ4n) is 2.23. The first kappa shape index (κ1) is 18.9. The molecule has 0 aromatic rings. The molecule has 0 aromatic carbocycles. The van der Waals surface area contributed by atoms with E-state index in [1.807, 2.05) is 0 Å². The first-order valence-electron chi connectivity index (χ1n) is 8.06. The van der Waals surface area contributed by atoms with Crippen LogP contribution in [0.3, 0.4) is 0 Å². The van der Waals surface area contributed by atoms with Gasteiger partial charge in [0.15, 0.2) is 0 Å². The summed E-state index contributed by atoms with van der Waals surface area (Å²) in [6, 6.07) is 0.629. The first-order valence-corrected chi connectivity index (χ1v) is 8.06. The average Bonchev–Trinajstić information content (AvgIpc) is 2.33. The molecule has 0 bridgehead atoms. The zero-order valence-corrected chi connectivity index (χ0v) is 14.2. The van der Waals surface area contributed by atoms with Crippen molar-refractivity contribution in [2.75, 3.05) is 46.8 Å². The van der Waals surface area contributed by atoms with E-state index in [4.69, 9.17) is 0 Å². The van der Waals surface area contributed by atoms with Gasteiger partial charge in [-0.3, -0.25) is 4.90 Å². The highest BCUT2D eigenvalue weighted by atomic mass is 15.2. The molecule has 116 valence electrons. The number of unbranched alkanes of at least 4 members (excludes halogenated alkanes) is 2. The molecule has 3 nitrogen and oxygen atoms in total. The maximum Gasteiger partial charge on any atom is 0.0193 e. The van der Waals surface area contributed by atoms with E-state index in [0.717, 1.165) is 19.0 Å². The van der Waals surface area contributed by atoms with Crippen molar-refractivity contribution in [2.45, 2.75) is 53.0 Å². The van der Waals surface area contributed by atoms with Crippen molar-refractivity contribution in [1.29, 1.82) is 0 Å². The molecule has 0 radical (unpaired) electrons. The minimum Gasteiger partial charge on any atom is -0.315 e. The number of rotatable bonds is 12. The van der Waals surface area contributed by atoms with Gasteiger partial charge in [-0.2, -0.15) is 0 Å². The molecular weight excluding hydrogens is 234 g/mol. The fourth-order valence-corrected chi connectivity index (χ4v) is 2.23. The molecule has 0 aliphatic rings. The number of hydrogen-bond acceptors (Lipinski definition) is 3. The van der Waals surface area contributed by atoms with E-state index in [-0.39, 0.29) is 0 Å². The topological polar surface area (TPSA) is 18.5 Å². The van der Waals surface area contributed by atoms with E-state index >= 15 is 0 Å². The van der Waals surface area contributed by atoms with Crippen LogP contribution in [0.15, 0.2) is 0 Å². The number of nitrogens with zero attached hydrogens (tertiary/aromatic N) is 2. The molecule has 1 unspecified atom stereocenters. The highest BCUT2D eigenvalue weighted by Crippen LogP contribution is 2.04. The largest absolute Gasteiger partial charge is 0.315 e. The molecule has 0 aliphatic heterocycles. The minimum atomic E-state index is 0.629. The monoisotopic (exact) mass is 271 g/mol. The van der Waals surface area contributed by atoms with Crippen molar-refractivity contribution < 1.29 is 0 Å². The summed E-state index contributed by atoms with van der Waals surface area (Å²) in [7, 11) is 4.31. The van der Waals surface area contributed by atoms with Crippen molar-refractivity contribution in [3.05, 3.63) is 0 Å². The predicted molar refractivity (Wildman–Crippen MR) is 86.8 cm³/mol. The molecule has 19 heavy (non-hydrogen) atoms. The standard InChI is InChI=1S/C16H37N3/c1-7-8-9-10-17-13-16(4)19(14-15(2)3)12-11-18(5)6/h15-17H,7-14H2,1-6H3. The van der Waals surface area contributed by atoms with Crippen LogP contribution in [0.4, 0.5) is 0 Å². The maximum absolute atomic E-state index is 3.61. The molecule has 1 atom stereocenters. The molecule has 0 amide bonds. The zero-order chi connectivity index (χ0) is 14.7. The van der Waals surface area contributed by atoms with Gasteiger partial charge in [0.2, 0.25) is 0 Å². The molecular formula is C16H37N3. The Bertz CT molecular complexity index is 192. The zero-order valence-electron chi connectivity index (χ0n) is 14.2. The van der Waals surface area contributed by atoms with Gasteiger partial charge in [0.05, 0.1) is 0 Å². The van der Waals surface area contributed by atoms with Crippen LogP contribution in [0.2, 0.25) is 0 Å². The Hall–Kier alpha value is -0.120. The third-order valence-electron chi connectivity index (χ3n) is 3.45.